The maximum atomic E-state index is 12.3. The number of rotatable bonds is 6. The number of hydrogen-bond acceptors (Lipinski definition) is 5. The number of nitrogens with one attached hydrogen (secondary N) is 1. The summed E-state index contributed by atoms with van der Waals surface area (Å²) < 4.78 is 22.6. The first kappa shape index (κ1) is 19.4. The van der Waals surface area contributed by atoms with Gasteiger partial charge in [0.2, 0.25) is 0 Å². The van der Waals surface area contributed by atoms with Crippen molar-refractivity contribution in [2.24, 2.45) is 10.2 Å². The van der Waals surface area contributed by atoms with Gasteiger partial charge in [0.15, 0.2) is 9.84 Å². The molecule has 0 saturated heterocycles. The smallest absolute Gasteiger partial charge is 0.255 e. The lowest BCUT2D eigenvalue weighted by Gasteiger charge is -2.06. The summed E-state index contributed by atoms with van der Waals surface area (Å²) in [6.45, 7) is 0. The molecule has 0 heterocycles. The van der Waals surface area contributed by atoms with E-state index < -0.39 is 9.84 Å². The highest BCUT2D eigenvalue weighted by molar-refractivity contribution is 7.89. The second-order valence-corrected chi connectivity index (χ2v) is 8.44. The van der Waals surface area contributed by atoms with Crippen LogP contribution in [0.3, 0.4) is 0 Å². The zero-order valence-electron chi connectivity index (χ0n) is 15.2. The van der Waals surface area contributed by atoms with Gasteiger partial charge in [-0.2, -0.15) is 10.2 Å². The summed E-state index contributed by atoms with van der Waals surface area (Å²) in [7, 11) is -3.10. The molecule has 0 radical (unpaired) electrons. The number of hydrogen-bond donors (Lipinski definition) is 1. The van der Waals surface area contributed by atoms with Crippen LogP contribution < -0.4 is 5.32 Å². The average Bonchev–Trinajstić information content (AvgIpc) is 2.67. The summed E-state index contributed by atoms with van der Waals surface area (Å²) in [6.07, 6.45) is 1.18. The number of nitrogens with zero attached hydrogens (tertiary/aromatic N) is 2. The number of carbonyl (C=O) groups excluding carboxylic acids is 1. The number of amides is 1. The van der Waals surface area contributed by atoms with Gasteiger partial charge in [0.1, 0.15) is 0 Å². The number of anilines is 1. The highest BCUT2D eigenvalue weighted by Gasteiger charge is 2.08. The van der Waals surface area contributed by atoms with Gasteiger partial charge in [-0.3, -0.25) is 4.79 Å². The Bertz CT molecular complexity index is 1080. The molecule has 0 spiro atoms. The maximum Gasteiger partial charge on any atom is 0.255 e. The molecule has 0 unspecified atom stereocenters. The van der Waals surface area contributed by atoms with Crippen LogP contribution in [-0.4, -0.2) is 20.6 Å². The monoisotopic (exact) mass is 393 g/mol. The Hall–Kier alpha value is -3.32. The Morgan fingerprint density at radius 3 is 1.96 bits per heavy atom. The molecule has 3 aromatic rings. The first-order valence-electron chi connectivity index (χ1n) is 8.54. The second kappa shape index (κ2) is 8.58. The number of sulfone groups is 1. The third-order valence-corrected chi connectivity index (χ3v) is 4.66. The van der Waals surface area contributed by atoms with Crippen molar-refractivity contribution < 1.29 is 13.2 Å². The molecule has 0 fully saturated rings. The Balaban J connectivity index is 1.62. The van der Waals surface area contributed by atoms with Gasteiger partial charge in [0.05, 0.1) is 17.1 Å². The van der Waals surface area contributed by atoms with Crippen molar-refractivity contribution >= 4 is 32.8 Å². The Morgan fingerprint density at radius 2 is 1.39 bits per heavy atom. The summed E-state index contributed by atoms with van der Waals surface area (Å²) in [5, 5.41) is 11.1. The summed E-state index contributed by atoms with van der Waals surface area (Å²) >= 11 is 0. The quantitative estimate of drug-likeness (QED) is 0.604. The van der Waals surface area contributed by atoms with Crippen molar-refractivity contribution in [1.29, 1.82) is 0 Å². The summed E-state index contributed by atoms with van der Waals surface area (Å²) in [4.78, 5) is 12.3. The van der Waals surface area contributed by atoms with Crippen LogP contribution >= 0.6 is 0 Å². The summed E-state index contributed by atoms with van der Waals surface area (Å²) in [6, 6.07) is 22.9. The van der Waals surface area contributed by atoms with Crippen LogP contribution in [0.5, 0.6) is 0 Å². The van der Waals surface area contributed by atoms with Gasteiger partial charge in [-0.05, 0) is 54.1 Å². The zero-order chi connectivity index (χ0) is 20.0. The van der Waals surface area contributed by atoms with E-state index in [1.54, 1.807) is 48.5 Å². The molecular weight excluding hydrogens is 374 g/mol. The topological polar surface area (TPSA) is 88.0 Å². The minimum absolute atomic E-state index is 0.0477. The molecule has 0 aliphatic rings. The molecule has 7 heteroatoms. The third-order valence-electron chi connectivity index (χ3n) is 3.81. The van der Waals surface area contributed by atoms with Crippen LogP contribution in [0.15, 0.2) is 89.1 Å². The van der Waals surface area contributed by atoms with Gasteiger partial charge in [0, 0.05) is 17.5 Å². The minimum Gasteiger partial charge on any atom is -0.322 e. The lowest BCUT2D eigenvalue weighted by atomic mass is 10.1. The molecule has 6 nitrogen and oxygen atoms in total. The molecule has 1 N–H and O–H groups in total. The predicted octanol–water partition coefficient (Wildman–Crippen LogP) is 4.90. The number of azo groups is 1. The molecule has 142 valence electrons. The van der Waals surface area contributed by atoms with Crippen molar-refractivity contribution in [3.05, 3.63) is 90.0 Å². The van der Waals surface area contributed by atoms with Gasteiger partial charge in [-0.25, -0.2) is 8.42 Å². The molecule has 0 aromatic heterocycles. The van der Waals surface area contributed by atoms with E-state index in [0.29, 0.717) is 22.5 Å². The molecule has 0 aliphatic carbocycles. The van der Waals surface area contributed by atoms with E-state index in [4.69, 9.17) is 0 Å². The molecule has 3 rings (SSSR count). The fourth-order valence-electron chi connectivity index (χ4n) is 2.48. The van der Waals surface area contributed by atoms with E-state index in [0.717, 1.165) is 5.69 Å². The van der Waals surface area contributed by atoms with Crippen LogP contribution in [0.25, 0.3) is 0 Å². The van der Waals surface area contributed by atoms with Gasteiger partial charge in [-0.1, -0.05) is 30.3 Å². The third kappa shape index (κ3) is 5.85. The molecule has 3 aromatic carbocycles. The van der Waals surface area contributed by atoms with Crippen LogP contribution in [0.1, 0.15) is 15.9 Å². The summed E-state index contributed by atoms with van der Waals surface area (Å²) in [5.41, 5.74) is 3.16. The molecule has 0 bridgehead atoms. The number of benzene rings is 3. The molecular formula is C21H19N3O3S. The van der Waals surface area contributed by atoms with Gasteiger partial charge < -0.3 is 5.32 Å². The SMILES string of the molecule is CS(=O)(=O)Cc1ccc(C(=O)Nc2ccc(N=Nc3ccccc3)cc2)cc1. The standard InChI is InChI=1S/C21H19N3O3S/c1-28(26,27)15-16-7-9-17(10-8-16)21(25)22-18-11-13-20(14-12-18)24-23-19-5-3-2-4-6-19/h2-14H,15H2,1H3,(H,22,25). The lowest BCUT2D eigenvalue weighted by Crippen LogP contribution is -2.11. The van der Waals surface area contributed by atoms with E-state index in [-0.39, 0.29) is 11.7 Å². The molecule has 28 heavy (non-hydrogen) atoms. The van der Waals surface area contributed by atoms with Gasteiger partial charge in [-0.15, -0.1) is 0 Å². The Labute approximate surface area is 163 Å². The molecule has 0 saturated carbocycles. The van der Waals surface area contributed by atoms with E-state index in [1.807, 2.05) is 30.3 Å². The van der Waals surface area contributed by atoms with Crippen LogP contribution in [0, 0.1) is 0 Å². The van der Waals surface area contributed by atoms with E-state index in [9.17, 15) is 13.2 Å². The van der Waals surface area contributed by atoms with Gasteiger partial charge >= 0.3 is 0 Å². The predicted molar refractivity (Wildman–Crippen MR) is 110 cm³/mol. The summed E-state index contributed by atoms with van der Waals surface area (Å²) in [5.74, 6) is -0.321. The zero-order valence-corrected chi connectivity index (χ0v) is 16.1. The number of carbonyl (C=O) groups is 1. The molecule has 0 aliphatic heterocycles. The van der Waals surface area contributed by atoms with Crippen molar-refractivity contribution in [3.63, 3.8) is 0 Å². The van der Waals surface area contributed by atoms with Crippen LogP contribution in [0.2, 0.25) is 0 Å². The molecule has 0 atom stereocenters. The Morgan fingerprint density at radius 1 is 0.821 bits per heavy atom. The van der Waals surface area contributed by atoms with Crippen molar-refractivity contribution in [3.8, 4) is 0 Å². The van der Waals surface area contributed by atoms with Crippen molar-refractivity contribution in [2.45, 2.75) is 5.75 Å². The van der Waals surface area contributed by atoms with Crippen molar-refractivity contribution in [2.75, 3.05) is 11.6 Å². The van der Waals surface area contributed by atoms with Crippen LogP contribution in [0.4, 0.5) is 17.1 Å². The fourth-order valence-corrected chi connectivity index (χ4v) is 3.28. The van der Waals surface area contributed by atoms with Crippen molar-refractivity contribution in [1.82, 2.24) is 0 Å². The first-order valence-corrected chi connectivity index (χ1v) is 10.6. The highest BCUT2D eigenvalue weighted by Crippen LogP contribution is 2.20. The second-order valence-electron chi connectivity index (χ2n) is 6.30. The van der Waals surface area contributed by atoms with E-state index in [2.05, 4.69) is 15.5 Å². The fraction of sp³-hybridized carbons (Fsp3) is 0.0952. The maximum absolute atomic E-state index is 12.3. The van der Waals surface area contributed by atoms with Gasteiger partial charge in [0.25, 0.3) is 5.91 Å². The Kier molecular flexibility index (Phi) is 5.96. The molecule has 1 amide bonds. The van der Waals surface area contributed by atoms with E-state index in [1.165, 1.54) is 6.26 Å². The average molecular weight is 393 g/mol. The van der Waals surface area contributed by atoms with E-state index >= 15 is 0 Å². The highest BCUT2D eigenvalue weighted by atomic mass is 32.2. The normalized spacial score (nSPS) is 11.5. The first-order chi connectivity index (χ1) is 13.4. The van der Waals surface area contributed by atoms with Crippen LogP contribution in [-0.2, 0) is 15.6 Å². The largest absolute Gasteiger partial charge is 0.322 e. The minimum atomic E-state index is -3.10. The lowest BCUT2D eigenvalue weighted by molar-refractivity contribution is 0.102.